The molecule has 2 rings (SSSR count). The zero-order valence-corrected chi connectivity index (χ0v) is 14.4. The zero-order chi connectivity index (χ0) is 15.8. The number of benzene rings is 1. The second-order valence-corrected chi connectivity index (χ2v) is 5.76. The highest BCUT2D eigenvalue weighted by Gasteiger charge is 2.15. The number of hydrogen-bond donors (Lipinski definition) is 3. The van der Waals surface area contributed by atoms with Gasteiger partial charge < -0.3 is 16.0 Å². The summed E-state index contributed by atoms with van der Waals surface area (Å²) in [4.78, 5) is 24.1. The van der Waals surface area contributed by atoms with Gasteiger partial charge >= 0.3 is 0 Å². The van der Waals surface area contributed by atoms with Crippen LogP contribution in [0.3, 0.4) is 0 Å². The molecule has 1 fully saturated rings. The van der Waals surface area contributed by atoms with E-state index in [-0.39, 0.29) is 24.2 Å². The molecule has 128 valence electrons. The summed E-state index contributed by atoms with van der Waals surface area (Å²) in [5.41, 5.74) is 1.06. The fourth-order valence-electron chi connectivity index (χ4n) is 2.58. The maximum atomic E-state index is 12.2. The van der Waals surface area contributed by atoms with Crippen molar-refractivity contribution in [3.8, 4) is 0 Å². The Bertz CT molecular complexity index is 516. The molecular weight excluding hydrogens is 314 g/mol. The third kappa shape index (κ3) is 6.20. The first-order chi connectivity index (χ1) is 10.7. The van der Waals surface area contributed by atoms with Gasteiger partial charge in [0.25, 0.3) is 11.8 Å². The quantitative estimate of drug-likeness (QED) is 0.742. The Morgan fingerprint density at radius 1 is 1.22 bits per heavy atom. The van der Waals surface area contributed by atoms with E-state index < -0.39 is 0 Å². The number of nitrogens with one attached hydrogen (secondary N) is 3. The largest absolute Gasteiger partial charge is 0.352 e. The maximum Gasteiger partial charge on any atom is 0.251 e. The minimum absolute atomic E-state index is 0. The Kier molecular flexibility index (Phi) is 8.66. The first kappa shape index (κ1) is 19.5. The number of carbonyl (C=O) groups is 2. The zero-order valence-electron chi connectivity index (χ0n) is 13.6. The molecular formula is C17H26ClN3O2. The Labute approximate surface area is 144 Å². The van der Waals surface area contributed by atoms with E-state index in [1.807, 2.05) is 6.92 Å². The van der Waals surface area contributed by atoms with E-state index >= 15 is 0 Å². The molecule has 0 bridgehead atoms. The molecule has 0 aliphatic carbocycles. The molecule has 1 aromatic rings. The van der Waals surface area contributed by atoms with E-state index in [0.717, 1.165) is 32.4 Å². The minimum Gasteiger partial charge on any atom is -0.352 e. The van der Waals surface area contributed by atoms with Crippen LogP contribution >= 0.6 is 12.4 Å². The lowest BCUT2D eigenvalue weighted by atomic mass is 9.99. The van der Waals surface area contributed by atoms with E-state index in [1.54, 1.807) is 24.3 Å². The number of rotatable bonds is 6. The molecule has 1 unspecified atom stereocenters. The van der Waals surface area contributed by atoms with Crippen LogP contribution in [0.2, 0.25) is 0 Å². The Hall–Kier alpha value is -1.59. The summed E-state index contributed by atoms with van der Waals surface area (Å²) in [5, 5.41) is 9.12. The molecule has 1 saturated heterocycles. The fraction of sp³-hybridized carbons (Fsp3) is 0.529. The summed E-state index contributed by atoms with van der Waals surface area (Å²) in [5.74, 6) is 0.248. The van der Waals surface area contributed by atoms with Gasteiger partial charge in [-0.3, -0.25) is 9.59 Å². The SMILES string of the molecule is CCCNC(=O)c1cccc(C(=O)NCC2CCCNC2)c1.Cl. The van der Waals surface area contributed by atoms with Crippen LogP contribution in [0.1, 0.15) is 46.9 Å². The van der Waals surface area contributed by atoms with Gasteiger partial charge in [-0.2, -0.15) is 0 Å². The van der Waals surface area contributed by atoms with Crippen molar-refractivity contribution >= 4 is 24.2 Å². The first-order valence-electron chi connectivity index (χ1n) is 8.08. The number of carbonyl (C=O) groups excluding carboxylic acids is 2. The van der Waals surface area contributed by atoms with E-state index in [2.05, 4.69) is 16.0 Å². The smallest absolute Gasteiger partial charge is 0.251 e. The molecule has 1 heterocycles. The molecule has 1 aliphatic heterocycles. The summed E-state index contributed by atoms with van der Waals surface area (Å²) in [6.45, 7) is 5.35. The lowest BCUT2D eigenvalue weighted by Crippen LogP contribution is -2.38. The van der Waals surface area contributed by atoms with Crippen LogP contribution in [-0.2, 0) is 0 Å². The molecule has 1 aromatic carbocycles. The van der Waals surface area contributed by atoms with Gasteiger partial charge in [0, 0.05) is 24.2 Å². The van der Waals surface area contributed by atoms with Crippen molar-refractivity contribution in [1.29, 1.82) is 0 Å². The molecule has 1 aliphatic rings. The van der Waals surface area contributed by atoms with Crippen LogP contribution in [0.25, 0.3) is 0 Å². The van der Waals surface area contributed by atoms with Crippen LogP contribution < -0.4 is 16.0 Å². The first-order valence-corrected chi connectivity index (χ1v) is 8.08. The summed E-state index contributed by atoms with van der Waals surface area (Å²) in [6.07, 6.45) is 3.20. The predicted molar refractivity (Wildman–Crippen MR) is 94.2 cm³/mol. The lowest BCUT2D eigenvalue weighted by molar-refractivity contribution is 0.0945. The van der Waals surface area contributed by atoms with Gasteiger partial charge in [0.05, 0.1) is 0 Å². The molecule has 0 saturated carbocycles. The van der Waals surface area contributed by atoms with Gasteiger partial charge in [0.1, 0.15) is 0 Å². The molecule has 5 nitrogen and oxygen atoms in total. The van der Waals surface area contributed by atoms with Crippen molar-refractivity contribution in [2.75, 3.05) is 26.2 Å². The van der Waals surface area contributed by atoms with Crippen molar-refractivity contribution < 1.29 is 9.59 Å². The molecule has 0 radical (unpaired) electrons. The van der Waals surface area contributed by atoms with E-state index in [0.29, 0.717) is 30.1 Å². The third-order valence-electron chi connectivity index (χ3n) is 3.87. The monoisotopic (exact) mass is 339 g/mol. The molecule has 0 spiro atoms. The molecule has 3 N–H and O–H groups in total. The molecule has 23 heavy (non-hydrogen) atoms. The average molecular weight is 340 g/mol. The minimum atomic E-state index is -0.131. The van der Waals surface area contributed by atoms with Crippen LogP contribution in [0, 0.1) is 5.92 Å². The molecule has 6 heteroatoms. The van der Waals surface area contributed by atoms with Crippen LogP contribution in [0.5, 0.6) is 0 Å². The highest BCUT2D eigenvalue weighted by Crippen LogP contribution is 2.10. The average Bonchev–Trinajstić information content (AvgIpc) is 2.58. The Morgan fingerprint density at radius 2 is 1.91 bits per heavy atom. The predicted octanol–water partition coefficient (Wildman–Crippen LogP) is 1.98. The third-order valence-corrected chi connectivity index (χ3v) is 3.87. The topological polar surface area (TPSA) is 70.2 Å². The van der Waals surface area contributed by atoms with E-state index in [9.17, 15) is 9.59 Å². The van der Waals surface area contributed by atoms with Crippen LogP contribution in [0.15, 0.2) is 24.3 Å². The van der Waals surface area contributed by atoms with E-state index in [1.165, 1.54) is 0 Å². The number of piperidine rings is 1. The summed E-state index contributed by atoms with van der Waals surface area (Å²) in [7, 11) is 0. The second kappa shape index (κ2) is 10.2. The van der Waals surface area contributed by atoms with Crippen molar-refractivity contribution in [3.63, 3.8) is 0 Å². The number of amides is 2. The molecule has 1 atom stereocenters. The number of hydrogen-bond acceptors (Lipinski definition) is 3. The van der Waals surface area contributed by atoms with Crippen LogP contribution in [0.4, 0.5) is 0 Å². The van der Waals surface area contributed by atoms with Gasteiger partial charge in [-0.05, 0) is 56.5 Å². The Balaban J connectivity index is 0.00000264. The number of halogens is 1. The normalized spacial score (nSPS) is 17.0. The van der Waals surface area contributed by atoms with Gasteiger partial charge in [-0.15, -0.1) is 12.4 Å². The highest BCUT2D eigenvalue weighted by molar-refractivity contribution is 5.99. The molecule has 0 aromatic heterocycles. The Morgan fingerprint density at radius 3 is 2.52 bits per heavy atom. The lowest BCUT2D eigenvalue weighted by Gasteiger charge is -2.22. The summed E-state index contributed by atoms with van der Waals surface area (Å²) >= 11 is 0. The van der Waals surface area contributed by atoms with Gasteiger partial charge in [0.2, 0.25) is 0 Å². The van der Waals surface area contributed by atoms with Gasteiger partial charge in [0.15, 0.2) is 0 Å². The van der Waals surface area contributed by atoms with E-state index in [4.69, 9.17) is 0 Å². The van der Waals surface area contributed by atoms with Gasteiger partial charge in [-0.25, -0.2) is 0 Å². The fourth-order valence-corrected chi connectivity index (χ4v) is 2.58. The summed E-state index contributed by atoms with van der Waals surface area (Å²) < 4.78 is 0. The summed E-state index contributed by atoms with van der Waals surface area (Å²) in [6, 6.07) is 6.87. The highest BCUT2D eigenvalue weighted by atomic mass is 35.5. The van der Waals surface area contributed by atoms with Crippen molar-refractivity contribution in [1.82, 2.24) is 16.0 Å². The van der Waals surface area contributed by atoms with Gasteiger partial charge in [-0.1, -0.05) is 13.0 Å². The standard InChI is InChI=1S/C17H25N3O2.ClH/c1-2-8-19-16(21)14-6-3-7-15(10-14)17(22)20-12-13-5-4-9-18-11-13;/h3,6-7,10,13,18H,2,4-5,8-9,11-12H2,1H3,(H,19,21)(H,20,22);1H. The maximum absolute atomic E-state index is 12.2. The van der Waals surface area contributed by atoms with Crippen molar-refractivity contribution in [2.24, 2.45) is 5.92 Å². The molecule has 2 amide bonds. The van der Waals surface area contributed by atoms with Crippen molar-refractivity contribution in [3.05, 3.63) is 35.4 Å². The van der Waals surface area contributed by atoms with Crippen molar-refractivity contribution in [2.45, 2.75) is 26.2 Å². The second-order valence-electron chi connectivity index (χ2n) is 5.76. The van der Waals surface area contributed by atoms with Crippen LogP contribution in [-0.4, -0.2) is 38.0 Å².